The van der Waals surface area contributed by atoms with E-state index < -0.39 is 11.7 Å². The maximum Gasteiger partial charge on any atom is 0.419 e. The van der Waals surface area contributed by atoms with Gasteiger partial charge in [-0.05, 0) is 13.8 Å². The Balaban J connectivity index is 2.53. The van der Waals surface area contributed by atoms with Crippen LogP contribution in [0.25, 0.3) is 5.82 Å². The molecular weight excluding hydrogens is 259 g/mol. The Kier molecular flexibility index (Phi) is 3.17. The quantitative estimate of drug-likeness (QED) is 0.910. The fraction of sp³-hybridized carbons (Fsp3) is 0.364. The summed E-state index contributed by atoms with van der Waals surface area (Å²) in [5.74, 6) is 1.34. The summed E-state index contributed by atoms with van der Waals surface area (Å²) in [4.78, 5) is 8.28. The van der Waals surface area contributed by atoms with Crippen LogP contribution in [0.3, 0.4) is 0 Å². The summed E-state index contributed by atoms with van der Waals surface area (Å²) in [6.45, 7) is 3.38. The van der Waals surface area contributed by atoms with Crippen LogP contribution in [0.1, 0.15) is 17.0 Å². The minimum Gasteiger partial charge on any atom is -0.373 e. The van der Waals surface area contributed by atoms with Crippen molar-refractivity contribution in [3.05, 3.63) is 29.3 Å². The van der Waals surface area contributed by atoms with Crippen molar-refractivity contribution in [2.24, 2.45) is 0 Å². The largest absolute Gasteiger partial charge is 0.419 e. The molecule has 0 aliphatic rings. The Bertz CT molecular complexity index is 603. The fourth-order valence-corrected chi connectivity index (χ4v) is 1.67. The predicted molar refractivity (Wildman–Crippen MR) is 63.2 cm³/mol. The molecule has 5 nitrogen and oxygen atoms in total. The average Bonchev–Trinajstić information content (AvgIpc) is 2.80. The summed E-state index contributed by atoms with van der Waals surface area (Å²) in [5, 5.41) is 6.58. The van der Waals surface area contributed by atoms with Gasteiger partial charge in [-0.25, -0.2) is 14.6 Å². The molecule has 0 atom stereocenters. The number of nitrogens with one attached hydrogen (secondary N) is 1. The van der Waals surface area contributed by atoms with E-state index in [0.29, 0.717) is 23.0 Å². The lowest BCUT2D eigenvalue weighted by molar-refractivity contribution is -0.137. The minimum atomic E-state index is -4.42. The Morgan fingerprint density at radius 1 is 1.21 bits per heavy atom. The minimum absolute atomic E-state index is 0.326. The van der Waals surface area contributed by atoms with Crippen molar-refractivity contribution < 1.29 is 13.2 Å². The molecule has 1 N–H and O–H groups in total. The highest BCUT2D eigenvalue weighted by atomic mass is 19.4. The summed E-state index contributed by atoms with van der Waals surface area (Å²) in [6, 6.07) is 0. The van der Waals surface area contributed by atoms with Gasteiger partial charge in [0.25, 0.3) is 0 Å². The van der Waals surface area contributed by atoms with E-state index >= 15 is 0 Å². The Morgan fingerprint density at radius 3 is 2.42 bits per heavy atom. The zero-order valence-corrected chi connectivity index (χ0v) is 10.6. The van der Waals surface area contributed by atoms with Crippen molar-refractivity contribution in [2.45, 2.75) is 20.0 Å². The van der Waals surface area contributed by atoms with Gasteiger partial charge in [-0.3, -0.25) is 0 Å². The molecule has 2 rings (SSSR count). The maximum atomic E-state index is 12.5. The van der Waals surface area contributed by atoms with Gasteiger partial charge in [0.2, 0.25) is 0 Å². The van der Waals surface area contributed by atoms with Gasteiger partial charge >= 0.3 is 6.18 Å². The highest BCUT2D eigenvalue weighted by Crippen LogP contribution is 2.29. The normalized spacial score (nSPS) is 11.7. The third-order valence-corrected chi connectivity index (χ3v) is 2.60. The topological polar surface area (TPSA) is 55.6 Å². The van der Waals surface area contributed by atoms with Crippen LogP contribution in [0.4, 0.5) is 19.0 Å². The molecular formula is C11H12F3N5. The lowest BCUT2D eigenvalue weighted by Gasteiger charge is -2.10. The highest BCUT2D eigenvalue weighted by molar-refractivity contribution is 5.51. The summed E-state index contributed by atoms with van der Waals surface area (Å²) in [6.07, 6.45) is -2.73. The van der Waals surface area contributed by atoms with Crippen LogP contribution < -0.4 is 5.32 Å². The molecule has 0 aromatic carbocycles. The van der Waals surface area contributed by atoms with E-state index in [1.807, 2.05) is 0 Å². The summed E-state index contributed by atoms with van der Waals surface area (Å²) >= 11 is 0. The monoisotopic (exact) mass is 271 g/mol. The number of anilines is 1. The van der Waals surface area contributed by atoms with Gasteiger partial charge in [0.15, 0.2) is 5.82 Å². The molecule has 0 saturated heterocycles. The maximum absolute atomic E-state index is 12.5. The number of hydrogen-bond donors (Lipinski definition) is 1. The number of aryl methyl sites for hydroxylation is 1. The van der Waals surface area contributed by atoms with E-state index in [2.05, 4.69) is 20.4 Å². The third-order valence-electron chi connectivity index (χ3n) is 2.60. The van der Waals surface area contributed by atoms with Crippen LogP contribution in [-0.2, 0) is 6.18 Å². The number of aromatic nitrogens is 4. The van der Waals surface area contributed by atoms with Crippen molar-refractivity contribution in [1.29, 1.82) is 0 Å². The molecule has 0 fully saturated rings. The molecule has 0 aliphatic carbocycles. The molecule has 102 valence electrons. The first kappa shape index (κ1) is 13.3. The standard InChI is InChI=1S/C11H12F3N5/c1-6-9(15-3)17-7(2)18-10(6)19-5-8(4-16-19)11(12,13)14/h4-5H,1-3H3,(H,15,17,18). The van der Waals surface area contributed by atoms with Crippen molar-refractivity contribution in [3.63, 3.8) is 0 Å². The molecule has 0 radical (unpaired) electrons. The average molecular weight is 271 g/mol. The second kappa shape index (κ2) is 4.52. The summed E-state index contributed by atoms with van der Waals surface area (Å²) < 4.78 is 38.7. The second-order valence-electron chi connectivity index (χ2n) is 3.99. The van der Waals surface area contributed by atoms with Gasteiger partial charge < -0.3 is 5.32 Å². The SMILES string of the molecule is CNc1nc(C)nc(-n2cc(C(F)(F)F)cn2)c1C. The van der Waals surface area contributed by atoms with Crippen molar-refractivity contribution in [1.82, 2.24) is 19.7 Å². The second-order valence-corrected chi connectivity index (χ2v) is 3.99. The molecule has 8 heteroatoms. The number of nitrogens with zero attached hydrogens (tertiary/aromatic N) is 4. The molecule has 2 aromatic heterocycles. The van der Waals surface area contributed by atoms with Crippen LogP contribution in [0.5, 0.6) is 0 Å². The van der Waals surface area contributed by atoms with Gasteiger partial charge in [-0.2, -0.15) is 18.3 Å². The van der Waals surface area contributed by atoms with E-state index in [1.165, 1.54) is 0 Å². The number of rotatable bonds is 2. The van der Waals surface area contributed by atoms with Crippen LogP contribution in [0.15, 0.2) is 12.4 Å². The first-order valence-electron chi connectivity index (χ1n) is 5.48. The molecule has 2 aromatic rings. The van der Waals surface area contributed by atoms with E-state index in [4.69, 9.17) is 0 Å². The highest BCUT2D eigenvalue weighted by Gasteiger charge is 2.32. The van der Waals surface area contributed by atoms with Crippen molar-refractivity contribution >= 4 is 5.82 Å². The van der Waals surface area contributed by atoms with Gasteiger partial charge in [0.05, 0.1) is 11.8 Å². The molecule has 0 unspecified atom stereocenters. The summed E-state index contributed by atoms with van der Waals surface area (Å²) in [7, 11) is 1.68. The van der Waals surface area contributed by atoms with Crippen LogP contribution >= 0.6 is 0 Å². The lowest BCUT2D eigenvalue weighted by Crippen LogP contribution is -2.08. The molecule has 0 bridgehead atoms. The van der Waals surface area contributed by atoms with Crippen LogP contribution in [0.2, 0.25) is 0 Å². The molecule has 2 heterocycles. The van der Waals surface area contributed by atoms with Crippen molar-refractivity contribution in [3.8, 4) is 5.82 Å². The van der Waals surface area contributed by atoms with Gasteiger partial charge in [-0.1, -0.05) is 0 Å². The lowest BCUT2D eigenvalue weighted by atomic mass is 10.3. The van der Waals surface area contributed by atoms with E-state index in [9.17, 15) is 13.2 Å². The molecule has 0 aliphatic heterocycles. The Morgan fingerprint density at radius 2 is 1.89 bits per heavy atom. The van der Waals surface area contributed by atoms with Gasteiger partial charge in [0.1, 0.15) is 11.6 Å². The number of alkyl halides is 3. The van der Waals surface area contributed by atoms with Gasteiger partial charge in [-0.15, -0.1) is 0 Å². The molecule has 0 amide bonds. The van der Waals surface area contributed by atoms with E-state index in [0.717, 1.165) is 17.1 Å². The molecule has 19 heavy (non-hydrogen) atoms. The fourth-order valence-electron chi connectivity index (χ4n) is 1.67. The van der Waals surface area contributed by atoms with Gasteiger partial charge in [0, 0.05) is 18.8 Å². The van der Waals surface area contributed by atoms with E-state index in [1.54, 1.807) is 20.9 Å². The summed E-state index contributed by atoms with van der Waals surface area (Å²) in [5.41, 5.74) is -0.181. The van der Waals surface area contributed by atoms with E-state index in [-0.39, 0.29) is 0 Å². The van der Waals surface area contributed by atoms with Crippen LogP contribution in [-0.4, -0.2) is 26.8 Å². The first-order valence-corrected chi connectivity index (χ1v) is 5.48. The van der Waals surface area contributed by atoms with Crippen molar-refractivity contribution in [2.75, 3.05) is 12.4 Å². The Hall–Kier alpha value is -2.12. The molecule has 0 spiro atoms. The number of halogens is 3. The zero-order chi connectivity index (χ0) is 14.2. The predicted octanol–water partition coefficient (Wildman–Crippen LogP) is 2.34. The smallest absolute Gasteiger partial charge is 0.373 e. The first-order chi connectivity index (χ1) is 8.82. The zero-order valence-electron chi connectivity index (χ0n) is 10.6. The Labute approximate surface area is 107 Å². The molecule has 0 saturated carbocycles. The number of hydrogen-bond acceptors (Lipinski definition) is 4. The van der Waals surface area contributed by atoms with Crippen LogP contribution in [0, 0.1) is 13.8 Å². The third kappa shape index (κ3) is 2.51.